The van der Waals surface area contributed by atoms with E-state index in [2.05, 4.69) is 180 Å². The molecule has 0 bridgehead atoms. The average molecular weight is 667 g/mol. The zero-order valence-electron chi connectivity index (χ0n) is 33.1. The third-order valence-electron chi connectivity index (χ3n) is 10.00. The summed E-state index contributed by atoms with van der Waals surface area (Å²) in [6.07, 6.45) is 0. The predicted octanol–water partition coefficient (Wildman–Crippen LogP) is 13.6. The molecule has 5 rings (SSSR count). The molecule has 50 heavy (non-hydrogen) atoms. The second kappa shape index (κ2) is 13.4. The summed E-state index contributed by atoms with van der Waals surface area (Å²) in [5, 5.41) is 0. The van der Waals surface area contributed by atoms with Crippen LogP contribution >= 0.6 is 0 Å². The van der Waals surface area contributed by atoms with Crippen LogP contribution in [0, 0.1) is 0 Å². The van der Waals surface area contributed by atoms with E-state index in [1.807, 2.05) is 0 Å². The lowest BCUT2D eigenvalue weighted by Crippen LogP contribution is -2.12. The predicted molar refractivity (Wildman–Crippen MR) is 216 cm³/mol. The molecule has 0 spiro atoms. The molecule has 0 heterocycles. The molecule has 0 unspecified atom stereocenters. The molecule has 0 atom stereocenters. The number of benzene rings is 5. The van der Waals surface area contributed by atoms with Gasteiger partial charge in [-0.15, -0.1) is 0 Å². The Balaban J connectivity index is 1.77. The Hall–Kier alpha value is -4.30. The summed E-state index contributed by atoms with van der Waals surface area (Å²) in [5.74, 6) is 1.63. The van der Waals surface area contributed by atoms with Crippen molar-refractivity contribution in [3.63, 3.8) is 0 Å². The van der Waals surface area contributed by atoms with Gasteiger partial charge in [0, 0.05) is 11.1 Å². The number of hydrogen-bond donors (Lipinski definition) is 0. The SMILES string of the molecule is COc1cc(-c2cc(C(C)(C)C)ccc2-c2ccc(C(C)(C)C)cc2)c(OC)cc1-c1cc(C(C)(C)C)ccc1-c1ccc(C(C)(C)C)cc1. The van der Waals surface area contributed by atoms with Crippen molar-refractivity contribution in [3.05, 3.63) is 119 Å². The monoisotopic (exact) mass is 666 g/mol. The molecule has 2 heteroatoms. The third-order valence-corrected chi connectivity index (χ3v) is 10.00. The van der Waals surface area contributed by atoms with Crippen LogP contribution in [0.1, 0.15) is 105 Å². The van der Waals surface area contributed by atoms with Gasteiger partial charge in [0.1, 0.15) is 11.5 Å². The van der Waals surface area contributed by atoms with Gasteiger partial charge >= 0.3 is 0 Å². The quantitative estimate of drug-likeness (QED) is 0.180. The van der Waals surface area contributed by atoms with Crippen molar-refractivity contribution in [2.24, 2.45) is 0 Å². The van der Waals surface area contributed by atoms with Crippen molar-refractivity contribution < 1.29 is 9.47 Å². The van der Waals surface area contributed by atoms with Gasteiger partial charge in [0.15, 0.2) is 0 Å². The number of ether oxygens (including phenoxy) is 2. The third kappa shape index (κ3) is 7.70. The van der Waals surface area contributed by atoms with Gasteiger partial charge in [-0.05, 0) is 102 Å². The molecule has 0 saturated heterocycles. The normalized spacial score (nSPS) is 12.6. The van der Waals surface area contributed by atoms with Crippen molar-refractivity contribution in [1.82, 2.24) is 0 Å². The van der Waals surface area contributed by atoms with E-state index in [4.69, 9.17) is 9.47 Å². The Kier molecular flexibility index (Phi) is 9.94. The lowest BCUT2D eigenvalue weighted by Gasteiger charge is -2.25. The zero-order chi connectivity index (χ0) is 36.8. The van der Waals surface area contributed by atoms with Crippen molar-refractivity contribution in [2.45, 2.75) is 105 Å². The highest BCUT2D eigenvalue weighted by atomic mass is 16.5. The molecule has 0 saturated carbocycles. The Morgan fingerprint density at radius 1 is 0.300 bits per heavy atom. The highest BCUT2D eigenvalue weighted by Gasteiger charge is 2.24. The van der Waals surface area contributed by atoms with E-state index in [-0.39, 0.29) is 21.7 Å². The summed E-state index contributed by atoms with van der Waals surface area (Å²) in [6, 6.07) is 36.2. The van der Waals surface area contributed by atoms with Crippen molar-refractivity contribution in [2.75, 3.05) is 14.2 Å². The van der Waals surface area contributed by atoms with Crippen LogP contribution in [-0.2, 0) is 21.7 Å². The van der Waals surface area contributed by atoms with Crippen LogP contribution in [0.5, 0.6) is 11.5 Å². The minimum Gasteiger partial charge on any atom is -0.496 e. The fourth-order valence-electron chi connectivity index (χ4n) is 6.59. The van der Waals surface area contributed by atoms with E-state index in [9.17, 15) is 0 Å². The van der Waals surface area contributed by atoms with Gasteiger partial charge in [-0.3, -0.25) is 0 Å². The lowest BCUT2D eigenvalue weighted by atomic mass is 9.81. The number of methoxy groups -OCH3 is 2. The topological polar surface area (TPSA) is 18.5 Å². The number of hydrogen-bond acceptors (Lipinski definition) is 2. The molecule has 0 radical (unpaired) electrons. The minimum atomic E-state index is -0.0224. The molecule has 0 aliphatic heterocycles. The van der Waals surface area contributed by atoms with E-state index < -0.39 is 0 Å². The van der Waals surface area contributed by atoms with Crippen molar-refractivity contribution in [1.29, 1.82) is 0 Å². The van der Waals surface area contributed by atoms with Gasteiger partial charge in [-0.25, -0.2) is 0 Å². The van der Waals surface area contributed by atoms with E-state index in [1.54, 1.807) is 14.2 Å². The minimum absolute atomic E-state index is 0.0224. The van der Waals surface area contributed by atoms with E-state index >= 15 is 0 Å². The molecule has 0 aromatic heterocycles. The smallest absolute Gasteiger partial charge is 0.127 e. The van der Waals surface area contributed by atoms with Crippen molar-refractivity contribution >= 4 is 0 Å². The van der Waals surface area contributed by atoms with Gasteiger partial charge < -0.3 is 9.47 Å². The highest BCUT2D eigenvalue weighted by Crippen LogP contribution is 2.48. The van der Waals surface area contributed by atoms with Crippen LogP contribution in [0.4, 0.5) is 0 Å². The Morgan fingerprint density at radius 2 is 0.580 bits per heavy atom. The summed E-state index contributed by atoms with van der Waals surface area (Å²) < 4.78 is 12.6. The Labute approximate surface area is 302 Å². The van der Waals surface area contributed by atoms with Crippen LogP contribution in [0.15, 0.2) is 97.1 Å². The molecule has 0 amide bonds. The van der Waals surface area contributed by atoms with Gasteiger partial charge in [0.05, 0.1) is 14.2 Å². The first-order chi connectivity index (χ1) is 23.2. The average Bonchev–Trinajstić information content (AvgIpc) is 3.05. The van der Waals surface area contributed by atoms with Gasteiger partial charge in [-0.1, -0.05) is 156 Å². The zero-order valence-corrected chi connectivity index (χ0v) is 33.1. The maximum Gasteiger partial charge on any atom is 0.127 e. The molecular weight excluding hydrogens is 609 g/mol. The molecule has 2 nitrogen and oxygen atoms in total. The van der Waals surface area contributed by atoms with Crippen molar-refractivity contribution in [3.8, 4) is 56.0 Å². The maximum absolute atomic E-state index is 6.28. The fourth-order valence-corrected chi connectivity index (χ4v) is 6.59. The van der Waals surface area contributed by atoms with Crippen LogP contribution < -0.4 is 9.47 Å². The van der Waals surface area contributed by atoms with Crippen LogP contribution in [0.25, 0.3) is 44.5 Å². The molecule has 0 aliphatic carbocycles. The molecular formula is C48H58O2. The Morgan fingerprint density at radius 3 is 0.840 bits per heavy atom. The second-order valence-electron chi connectivity index (χ2n) is 17.9. The summed E-state index contributed by atoms with van der Waals surface area (Å²) >= 11 is 0. The van der Waals surface area contributed by atoms with Gasteiger partial charge in [0.2, 0.25) is 0 Å². The fraction of sp³-hybridized carbons (Fsp3) is 0.375. The molecule has 0 N–H and O–H groups in total. The molecule has 0 aliphatic rings. The molecule has 5 aromatic rings. The summed E-state index contributed by atoms with van der Waals surface area (Å²) in [7, 11) is 3.55. The first-order valence-corrected chi connectivity index (χ1v) is 18.0. The van der Waals surface area contributed by atoms with E-state index in [0.717, 1.165) is 33.8 Å². The van der Waals surface area contributed by atoms with E-state index in [1.165, 1.54) is 44.5 Å². The van der Waals surface area contributed by atoms with Crippen LogP contribution in [0.2, 0.25) is 0 Å². The summed E-state index contributed by atoms with van der Waals surface area (Å²) in [5.41, 5.74) is 14.3. The second-order valence-corrected chi connectivity index (χ2v) is 17.9. The summed E-state index contributed by atoms with van der Waals surface area (Å²) in [6.45, 7) is 27.1. The lowest BCUT2D eigenvalue weighted by molar-refractivity contribution is 0.406. The molecule has 5 aromatic carbocycles. The van der Waals surface area contributed by atoms with Gasteiger partial charge in [0.25, 0.3) is 0 Å². The van der Waals surface area contributed by atoms with Crippen LogP contribution in [-0.4, -0.2) is 14.2 Å². The standard InChI is InChI=1S/C48H58O2/c1-45(2,3)33-19-15-31(16-20-33)37-25-23-35(47(7,8)9)27-39(37)41-29-44(50-14)42(30-43(41)49-13)40-28-36(48(10,11)12)24-26-38(40)32-17-21-34(22-18-32)46(4,5)6/h15-30H,1-14H3. The van der Waals surface area contributed by atoms with E-state index in [0.29, 0.717) is 0 Å². The van der Waals surface area contributed by atoms with Crippen LogP contribution in [0.3, 0.4) is 0 Å². The van der Waals surface area contributed by atoms with Gasteiger partial charge in [-0.2, -0.15) is 0 Å². The largest absolute Gasteiger partial charge is 0.496 e. The summed E-state index contributed by atoms with van der Waals surface area (Å²) in [4.78, 5) is 0. The number of rotatable bonds is 6. The first-order valence-electron chi connectivity index (χ1n) is 18.0. The Bertz CT molecular complexity index is 1820. The molecule has 0 fully saturated rings. The molecule has 262 valence electrons. The highest BCUT2D eigenvalue weighted by molar-refractivity contribution is 5.93. The first kappa shape index (κ1) is 37.0. The maximum atomic E-state index is 6.28.